The molecule has 0 bridgehead atoms. The molecule has 12 nitrogen and oxygen atoms in total. The molecule has 8 N–H and O–H groups in total. The standard InChI is InChI=1S/C19H24N6O6/c20-19-24-15-11(16(28)25-19)7-9(8-21-15)1-2-10-3-4-12(22-10)17(29)23-13(18(30)31)5-6-14(26)27/h3-4,9,13,22H,1-2,5-8H2,(H,23,29)(H,26,27)(H,30,31)(H4,20,21,24,25,28)/t9?,13-/m1/s1. The molecule has 2 aromatic heterocycles. The highest BCUT2D eigenvalue weighted by Gasteiger charge is 2.24. The van der Waals surface area contributed by atoms with Crippen LogP contribution in [0, 0.1) is 5.92 Å². The number of nitrogens with zero attached hydrogens (tertiary/aromatic N) is 2. The number of anilines is 2. The fourth-order valence-corrected chi connectivity index (χ4v) is 3.47. The maximum atomic E-state index is 12.3. The van der Waals surface area contributed by atoms with Crippen LogP contribution in [0.15, 0.2) is 12.1 Å². The minimum Gasteiger partial charge on any atom is -0.493 e. The molecule has 31 heavy (non-hydrogen) atoms. The SMILES string of the molecule is Nc1nc(O)c2c(n1)NCC(CCc1ccc(C(=O)N[C@H](CCC(=O)O)C(=O)O)[nH]1)C2. The topological polar surface area (TPSA) is 204 Å². The van der Waals surface area contributed by atoms with Gasteiger partial charge in [-0.25, -0.2) is 4.79 Å². The van der Waals surface area contributed by atoms with E-state index in [-0.39, 0.29) is 36.3 Å². The quantitative estimate of drug-likeness (QED) is 0.290. The third kappa shape index (κ3) is 5.62. The first-order chi connectivity index (χ1) is 14.7. The van der Waals surface area contributed by atoms with Gasteiger partial charge in [-0.1, -0.05) is 0 Å². The molecule has 0 spiro atoms. The summed E-state index contributed by atoms with van der Waals surface area (Å²) < 4.78 is 0. The van der Waals surface area contributed by atoms with Crippen LogP contribution in [-0.2, 0) is 22.4 Å². The maximum absolute atomic E-state index is 12.3. The zero-order chi connectivity index (χ0) is 22.5. The van der Waals surface area contributed by atoms with Gasteiger partial charge in [0.05, 0.1) is 5.56 Å². The van der Waals surface area contributed by atoms with Gasteiger partial charge in [0.15, 0.2) is 0 Å². The molecule has 0 aromatic carbocycles. The molecule has 166 valence electrons. The average Bonchev–Trinajstić information content (AvgIpc) is 3.18. The Kier molecular flexibility index (Phi) is 6.58. The van der Waals surface area contributed by atoms with Crippen LogP contribution in [0.4, 0.5) is 11.8 Å². The second-order valence-electron chi connectivity index (χ2n) is 7.42. The summed E-state index contributed by atoms with van der Waals surface area (Å²) in [4.78, 5) is 45.0. The molecule has 1 aliphatic heterocycles. The summed E-state index contributed by atoms with van der Waals surface area (Å²) in [5.41, 5.74) is 7.16. The number of aliphatic carboxylic acids is 2. The molecule has 3 rings (SSSR count). The summed E-state index contributed by atoms with van der Waals surface area (Å²) in [6.45, 7) is 0.654. The summed E-state index contributed by atoms with van der Waals surface area (Å²) in [7, 11) is 0. The molecule has 0 fully saturated rings. The Bertz CT molecular complexity index is 990. The van der Waals surface area contributed by atoms with Crippen molar-refractivity contribution in [2.75, 3.05) is 17.6 Å². The highest BCUT2D eigenvalue weighted by molar-refractivity contribution is 5.95. The third-order valence-electron chi connectivity index (χ3n) is 5.12. The van der Waals surface area contributed by atoms with E-state index in [1.807, 2.05) is 0 Å². The summed E-state index contributed by atoms with van der Waals surface area (Å²) in [6, 6.07) is 2.01. The second kappa shape index (κ2) is 9.32. The molecule has 12 heteroatoms. The molecule has 0 aliphatic carbocycles. The fourth-order valence-electron chi connectivity index (χ4n) is 3.47. The average molecular weight is 432 g/mol. The van der Waals surface area contributed by atoms with Gasteiger partial charge in [-0.2, -0.15) is 9.97 Å². The number of amides is 1. The van der Waals surface area contributed by atoms with Crippen molar-refractivity contribution in [2.24, 2.45) is 5.92 Å². The predicted octanol–water partition coefficient (Wildman–Crippen LogP) is 0.357. The van der Waals surface area contributed by atoms with Gasteiger partial charge in [0, 0.05) is 18.7 Å². The number of aromatic amines is 1. The summed E-state index contributed by atoms with van der Waals surface area (Å²) in [5.74, 6) is -2.42. The Hall–Kier alpha value is -3.83. The number of carboxylic acids is 2. The highest BCUT2D eigenvalue weighted by atomic mass is 16.4. The number of carbonyl (C=O) groups is 3. The van der Waals surface area contributed by atoms with Gasteiger partial charge in [0.25, 0.3) is 5.91 Å². The molecule has 3 heterocycles. The van der Waals surface area contributed by atoms with E-state index in [9.17, 15) is 19.5 Å². The molecule has 1 amide bonds. The normalized spacial score (nSPS) is 16.1. The molecular formula is C19H24N6O6. The Labute approximate surface area is 176 Å². The molecule has 2 atom stereocenters. The minimum atomic E-state index is -1.29. The van der Waals surface area contributed by atoms with Gasteiger partial charge >= 0.3 is 11.9 Å². The van der Waals surface area contributed by atoms with Crippen molar-refractivity contribution in [3.63, 3.8) is 0 Å². The van der Waals surface area contributed by atoms with Gasteiger partial charge in [-0.15, -0.1) is 0 Å². The molecule has 0 saturated carbocycles. The zero-order valence-corrected chi connectivity index (χ0v) is 16.6. The number of fused-ring (bicyclic) bond motifs is 1. The van der Waals surface area contributed by atoms with E-state index in [0.29, 0.717) is 30.8 Å². The number of carboxylic acid groups (broad SMARTS) is 2. The molecular weight excluding hydrogens is 408 g/mol. The smallest absolute Gasteiger partial charge is 0.326 e. The van der Waals surface area contributed by atoms with Crippen molar-refractivity contribution in [1.29, 1.82) is 0 Å². The lowest BCUT2D eigenvalue weighted by atomic mass is 9.92. The lowest BCUT2D eigenvalue weighted by molar-refractivity contribution is -0.140. The molecule has 1 aliphatic rings. The molecule has 1 unspecified atom stereocenters. The first-order valence-corrected chi connectivity index (χ1v) is 9.75. The van der Waals surface area contributed by atoms with E-state index in [1.54, 1.807) is 12.1 Å². The fraction of sp³-hybridized carbons (Fsp3) is 0.421. The van der Waals surface area contributed by atoms with Crippen LogP contribution in [0.25, 0.3) is 0 Å². The van der Waals surface area contributed by atoms with E-state index >= 15 is 0 Å². The number of H-pyrrole nitrogens is 1. The van der Waals surface area contributed by atoms with Crippen molar-refractivity contribution in [3.8, 4) is 5.88 Å². The largest absolute Gasteiger partial charge is 0.493 e. The van der Waals surface area contributed by atoms with Crippen LogP contribution in [-0.4, -0.2) is 60.7 Å². The maximum Gasteiger partial charge on any atom is 0.326 e. The van der Waals surface area contributed by atoms with Gasteiger partial charge in [0.2, 0.25) is 11.8 Å². The number of nitrogens with two attached hydrogens (primary N) is 1. The van der Waals surface area contributed by atoms with Crippen LogP contribution in [0.5, 0.6) is 5.88 Å². The van der Waals surface area contributed by atoms with Crippen molar-refractivity contribution in [2.45, 2.75) is 38.1 Å². The third-order valence-corrected chi connectivity index (χ3v) is 5.12. The first kappa shape index (κ1) is 21.9. The Morgan fingerprint density at radius 3 is 2.74 bits per heavy atom. The number of nitrogens with one attached hydrogen (secondary N) is 3. The van der Waals surface area contributed by atoms with Crippen LogP contribution in [0.2, 0.25) is 0 Å². The number of nitrogen functional groups attached to an aromatic ring is 1. The lowest BCUT2D eigenvalue weighted by Crippen LogP contribution is -2.41. The Balaban J connectivity index is 1.54. The zero-order valence-electron chi connectivity index (χ0n) is 16.6. The van der Waals surface area contributed by atoms with Crippen LogP contribution >= 0.6 is 0 Å². The van der Waals surface area contributed by atoms with E-state index in [1.165, 1.54) is 0 Å². The summed E-state index contributed by atoms with van der Waals surface area (Å²) in [6.07, 6.45) is 1.41. The van der Waals surface area contributed by atoms with E-state index in [4.69, 9.17) is 15.9 Å². The van der Waals surface area contributed by atoms with Crippen LogP contribution < -0.4 is 16.4 Å². The summed E-state index contributed by atoms with van der Waals surface area (Å²) in [5, 5.41) is 33.3. The van der Waals surface area contributed by atoms with Gasteiger partial charge in [-0.3, -0.25) is 9.59 Å². The monoisotopic (exact) mass is 432 g/mol. The Morgan fingerprint density at radius 1 is 1.26 bits per heavy atom. The molecule has 0 radical (unpaired) electrons. The predicted molar refractivity (Wildman–Crippen MR) is 109 cm³/mol. The number of aryl methyl sites for hydroxylation is 1. The van der Waals surface area contributed by atoms with E-state index in [0.717, 1.165) is 12.1 Å². The van der Waals surface area contributed by atoms with Gasteiger partial charge < -0.3 is 36.7 Å². The highest BCUT2D eigenvalue weighted by Crippen LogP contribution is 2.31. The van der Waals surface area contributed by atoms with Crippen molar-refractivity contribution in [1.82, 2.24) is 20.3 Å². The number of hydrogen-bond acceptors (Lipinski definition) is 8. The van der Waals surface area contributed by atoms with Crippen LogP contribution in [0.3, 0.4) is 0 Å². The minimum absolute atomic E-state index is 0.00693. The number of carbonyl (C=O) groups excluding carboxylic acids is 1. The van der Waals surface area contributed by atoms with Crippen molar-refractivity contribution in [3.05, 3.63) is 29.1 Å². The number of hydrogen-bond donors (Lipinski definition) is 7. The number of aromatic hydroxyl groups is 1. The van der Waals surface area contributed by atoms with Crippen molar-refractivity contribution < 1.29 is 29.7 Å². The second-order valence-corrected chi connectivity index (χ2v) is 7.42. The van der Waals surface area contributed by atoms with Crippen molar-refractivity contribution >= 4 is 29.6 Å². The van der Waals surface area contributed by atoms with E-state index < -0.39 is 23.9 Å². The molecule has 0 saturated heterocycles. The van der Waals surface area contributed by atoms with Gasteiger partial charge in [0.1, 0.15) is 17.6 Å². The first-order valence-electron chi connectivity index (χ1n) is 9.75. The Morgan fingerprint density at radius 2 is 2.03 bits per heavy atom. The number of aromatic nitrogens is 3. The number of rotatable bonds is 9. The van der Waals surface area contributed by atoms with E-state index in [2.05, 4.69) is 25.6 Å². The van der Waals surface area contributed by atoms with Crippen LogP contribution in [0.1, 0.15) is 41.0 Å². The molecule has 2 aromatic rings. The summed E-state index contributed by atoms with van der Waals surface area (Å²) >= 11 is 0. The lowest BCUT2D eigenvalue weighted by Gasteiger charge is -2.25. The van der Waals surface area contributed by atoms with Gasteiger partial charge in [-0.05, 0) is 43.7 Å².